The van der Waals surface area contributed by atoms with E-state index in [1.807, 2.05) is 6.92 Å². The minimum Gasteiger partial charge on any atom is -0.324 e. The molecule has 2 N–H and O–H groups in total. The minimum absolute atomic E-state index is 0.0613. The van der Waals surface area contributed by atoms with Gasteiger partial charge in [0, 0.05) is 24.1 Å². The summed E-state index contributed by atoms with van der Waals surface area (Å²) in [5.41, 5.74) is 0.553. The molecule has 2 aliphatic carbocycles. The molecule has 1 amide bonds. The summed E-state index contributed by atoms with van der Waals surface area (Å²) in [4.78, 5) is 12.2. The van der Waals surface area contributed by atoms with E-state index in [2.05, 4.69) is 15.1 Å². The maximum Gasteiger partial charge on any atom is 0.246 e. The molecule has 4 unspecified atom stereocenters. The first-order valence-corrected chi connectivity index (χ1v) is 11.3. The zero-order valence-corrected chi connectivity index (χ0v) is 16.7. The Morgan fingerprint density at radius 1 is 1.25 bits per heavy atom. The molecule has 4 atom stereocenters. The second-order valence-electron chi connectivity index (χ2n) is 8.02. The third kappa shape index (κ3) is 4.12. The normalized spacial score (nSPS) is 25.0. The summed E-state index contributed by atoms with van der Waals surface area (Å²) in [6.07, 6.45) is 8.23. The Balaban J connectivity index is 1.36. The number of hydrogen-bond acceptors (Lipinski definition) is 4. The van der Waals surface area contributed by atoms with Crippen LogP contribution in [0, 0.1) is 17.8 Å². The second kappa shape index (κ2) is 7.67. The highest BCUT2D eigenvalue weighted by Crippen LogP contribution is 2.49. The van der Waals surface area contributed by atoms with Gasteiger partial charge < -0.3 is 5.32 Å². The number of carbonyl (C=O) groups is 1. The monoisotopic (exact) mass is 402 g/mol. The summed E-state index contributed by atoms with van der Waals surface area (Å²) in [6, 6.07) is 7.96. The molecule has 150 valence electrons. The molecule has 2 bridgehead atoms. The lowest BCUT2D eigenvalue weighted by Gasteiger charge is -2.28. The molecule has 0 aliphatic heterocycles. The van der Waals surface area contributed by atoms with Crippen molar-refractivity contribution in [3.63, 3.8) is 0 Å². The molecule has 1 aromatic carbocycles. The molecule has 0 saturated heterocycles. The van der Waals surface area contributed by atoms with Gasteiger partial charge in [0.25, 0.3) is 0 Å². The molecule has 4 rings (SSSR count). The van der Waals surface area contributed by atoms with Gasteiger partial charge in [-0.05, 0) is 74.3 Å². The molecule has 28 heavy (non-hydrogen) atoms. The smallest absolute Gasteiger partial charge is 0.246 e. The molecule has 2 aliphatic rings. The number of benzene rings is 1. The van der Waals surface area contributed by atoms with Gasteiger partial charge in [-0.2, -0.15) is 5.10 Å². The zero-order chi connectivity index (χ0) is 19.7. The van der Waals surface area contributed by atoms with Crippen LogP contribution in [0.3, 0.4) is 0 Å². The highest BCUT2D eigenvalue weighted by molar-refractivity contribution is 7.89. The number of carbonyl (C=O) groups excluding carboxylic acids is 1. The van der Waals surface area contributed by atoms with Gasteiger partial charge in [0.15, 0.2) is 0 Å². The van der Waals surface area contributed by atoms with Crippen molar-refractivity contribution >= 4 is 21.6 Å². The maximum atomic E-state index is 12.7. The molecule has 2 fully saturated rings. The number of nitrogens with zero attached hydrogens (tertiary/aromatic N) is 2. The van der Waals surface area contributed by atoms with Gasteiger partial charge in [0.05, 0.1) is 4.90 Å². The van der Waals surface area contributed by atoms with Crippen molar-refractivity contribution in [1.82, 2.24) is 14.5 Å². The van der Waals surface area contributed by atoms with Crippen LogP contribution in [0.2, 0.25) is 0 Å². The van der Waals surface area contributed by atoms with E-state index in [0.29, 0.717) is 17.5 Å². The lowest BCUT2D eigenvalue weighted by atomic mass is 9.84. The van der Waals surface area contributed by atoms with Crippen LogP contribution in [0.15, 0.2) is 47.6 Å². The van der Waals surface area contributed by atoms with Gasteiger partial charge in [-0.3, -0.25) is 9.48 Å². The highest BCUT2D eigenvalue weighted by Gasteiger charge is 2.42. The summed E-state index contributed by atoms with van der Waals surface area (Å²) in [5, 5.41) is 6.73. The number of amides is 1. The predicted octanol–water partition coefficient (Wildman–Crippen LogP) is 2.62. The van der Waals surface area contributed by atoms with Crippen molar-refractivity contribution in [1.29, 1.82) is 0 Å². The van der Waals surface area contributed by atoms with E-state index in [0.717, 1.165) is 12.3 Å². The van der Waals surface area contributed by atoms with E-state index in [-0.39, 0.29) is 23.4 Å². The number of aromatic nitrogens is 2. The molecule has 1 aromatic heterocycles. The number of sulfonamides is 1. The van der Waals surface area contributed by atoms with Crippen LogP contribution in [0.5, 0.6) is 0 Å². The fourth-order valence-electron chi connectivity index (χ4n) is 4.77. The van der Waals surface area contributed by atoms with Crippen molar-refractivity contribution in [3.05, 3.63) is 42.7 Å². The van der Waals surface area contributed by atoms with Crippen molar-refractivity contribution in [2.24, 2.45) is 17.8 Å². The number of fused-ring (bicyclic) bond motifs is 2. The number of hydrogen-bond donors (Lipinski definition) is 2. The lowest BCUT2D eigenvalue weighted by Crippen LogP contribution is -2.40. The SMILES string of the molecule is CC(NS(=O)(=O)c1ccc(NC(=O)Cn2cccn2)cc1)C1CC2CCC1C2. The molecule has 1 heterocycles. The van der Waals surface area contributed by atoms with E-state index >= 15 is 0 Å². The van der Waals surface area contributed by atoms with Crippen LogP contribution in [0.4, 0.5) is 5.69 Å². The first kappa shape index (κ1) is 19.1. The largest absolute Gasteiger partial charge is 0.324 e. The first-order valence-electron chi connectivity index (χ1n) is 9.80. The number of rotatable bonds is 7. The predicted molar refractivity (Wildman–Crippen MR) is 106 cm³/mol. The van der Waals surface area contributed by atoms with Gasteiger partial charge in [-0.25, -0.2) is 13.1 Å². The van der Waals surface area contributed by atoms with Crippen LogP contribution in [-0.2, 0) is 21.4 Å². The van der Waals surface area contributed by atoms with Crippen LogP contribution in [0.1, 0.15) is 32.6 Å². The van der Waals surface area contributed by atoms with Crippen LogP contribution in [-0.4, -0.2) is 30.1 Å². The van der Waals surface area contributed by atoms with Gasteiger partial charge in [0.1, 0.15) is 6.54 Å². The molecule has 2 aromatic rings. The summed E-state index contributed by atoms with van der Waals surface area (Å²) < 4.78 is 29.9. The number of nitrogens with one attached hydrogen (secondary N) is 2. The Kier molecular flexibility index (Phi) is 5.25. The molecular weight excluding hydrogens is 376 g/mol. The topological polar surface area (TPSA) is 93.1 Å². The Labute approximate surface area is 165 Å². The first-order chi connectivity index (χ1) is 13.4. The van der Waals surface area contributed by atoms with Crippen LogP contribution < -0.4 is 10.0 Å². The van der Waals surface area contributed by atoms with Gasteiger partial charge in [0.2, 0.25) is 15.9 Å². The van der Waals surface area contributed by atoms with Crippen molar-refractivity contribution in [3.8, 4) is 0 Å². The van der Waals surface area contributed by atoms with E-state index in [4.69, 9.17) is 0 Å². The van der Waals surface area contributed by atoms with Gasteiger partial charge >= 0.3 is 0 Å². The molecular formula is C20H26N4O3S. The molecule has 0 spiro atoms. The van der Waals surface area contributed by atoms with E-state index in [1.165, 1.54) is 36.1 Å². The Morgan fingerprint density at radius 3 is 2.64 bits per heavy atom. The van der Waals surface area contributed by atoms with E-state index in [9.17, 15) is 13.2 Å². The minimum atomic E-state index is -3.58. The molecule has 7 nitrogen and oxygen atoms in total. The average molecular weight is 403 g/mol. The van der Waals surface area contributed by atoms with E-state index in [1.54, 1.807) is 30.6 Å². The van der Waals surface area contributed by atoms with Gasteiger partial charge in [-0.15, -0.1) is 0 Å². The average Bonchev–Trinajstić information content (AvgIpc) is 3.40. The van der Waals surface area contributed by atoms with Crippen molar-refractivity contribution in [2.45, 2.75) is 50.1 Å². The number of anilines is 1. The third-order valence-corrected chi connectivity index (χ3v) is 7.66. The summed E-state index contributed by atoms with van der Waals surface area (Å²) in [5.74, 6) is 1.67. The quantitative estimate of drug-likeness (QED) is 0.745. The summed E-state index contributed by atoms with van der Waals surface area (Å²) in [6.45, 7) is 2.09. The molecule has 0 radical (unpaired) electrons. The van der Waals surface area contributed by atoms with E-state index < -0.39 is 10.0 Å². The summed E-state index contributed by atoms with van der Waals surface area (Å²) >= 11 is 0. The third-order valence-electron chi connectivity index (χ3n) is 6.09. The zero-order valence-electron chi connectivity index (χ0n) is 15.9. The fourth-order valence-corrected chi connectivity index (χ4v) is 6.06. The summed E-state index contributed by atoms with van der Waals surface area (Å²) in [7, 11) is -3.58. The molecule has 8 heteroatoms. The highest BCUT2D eigenvalue weighted by atomic mass is 32.2. The van der Waals surface area contributed by atoms with Crippen LogP contribution >= 0.6 is 0 Å². The molecule has 2 saturated carbocycles. The Bertz CT molecular complexity index is 925. The van der Waals surface area contributed by atoms with Crippen molar-refractivity contribution in [2.75, 3.05) is 5.32 Å². The maximum absolute atomic E-state index is 12.7. The Morgan fingerprint density at radius 2 is 2.04 bits per heavy atom. The lowest BCUT2D eigenvalue weighted by molar-refractivity contribution is -0.116. The standard InChI is InChI=1S/C20H26N4O3S/c1-14(19-12-15-3-4-16(19)11-15)23-28(26,27)18-7-5-17(6-8-18)22-20(25)13-24-10-2-9-21-24/h2,5-10,14-16,19,23H,3-4,11-13H2,1H3,(H,22,25). The second-order valence-corrected chi connectivity index (χ2v) is 9.74. The fraction of sp³-hybridized carbons (Fsp3) is 0.500. The van der Waals surface area contributed by atoms with Crippen LogP contribution in [0.25, 0.3) is 0 Å². The van der Waals surface area contributed by atoms with Gasteiger partial charge in [-0.1, -0.05) is 6.42 Å². The van der Waals surface area contributed by atoms with Crippen molar-refractivity contribution < 1.29 is 13.2 Å². The Hall–Kier alpha value is -2.19.